The highest BCUT2D eigenvalue weighted by molar-refractivity contribution is 9.10. The number of rotatable bonds is 1. The van der Waals surface area contributed by atoms with Gasteiger partial charge >= 0.3 is 0 Å². The third-order valence-electron chi connectivity index (χ3n) is 2.10. The van der Waals surface area contributed by atoms with Gasteiger partial charge in [0, 0.05) is 6.54 Å². The van der Waals surface area contributed by atoms with Gasteiger partial charge in [0.05, 0.1) is 15.9 Å². The summed E-state index contributed by atoms with van der Waals surface area (Å²) >= 11 is 3.21. The predicted molar refractivity (Wildman–Crippen MR) is 49.9 cm³/mol. The average Bonchev–Trinajstić information content (AvgIpc) is 2.44. The molecule has 2 rings (SSSR count). The smallest absolute Gasteiger partial charge is 0.254 e. The van der Waals surface area contributed by atoms with Crippen molar-refractivity contribution in [2.75, 3.05) is 6.54 Å². The fraction of sp³-hybridized carbons (Fsp3) is 0.250. The molecule has 2 heterocycles. The molecule has 1 aromatic rings. The fourth-order valence-corrected chi connectivity index (χ4v) is 2.14. The molecule has 1 aromatic heterocycles. The Kier molecular flexibility index (Phi) is 1.95. The third kappa shape index (κ3) is 1.19. The molecule has 1 aliphatic heterocycles. The van der Waals surface area contributed by atoms with E-state index < -0.39 is 0 Å². The number of nitrogens with one attached hydrogen (secondary N) is 2. The largest absolute Gasteiger partial charge is 0.352 e. The first-order valence-electron chi connectivity index (χ1n) is 3.87. The van der Waals surface area contributed by atoms with Crippen LogP contribution in [-0.2, 0) is 6.42 Å². The summed E-state index contributed by atoms with van der Waals surface area (Å²) in [5.41, 5.74) is 1.87. The van der Waals surface area contributed by atoms with Crippen molar-refractivity contribution in [2.45, 2.75) is 6.42 Å². The number of hydrogen-bond donors (Lipinski definition) is 2. The molecule has 0 unspecified atom stereocenters. The monoisotopic (exact) mass is 242 g/mol. The van der Waals surface area contributed by atoms with Crippen molar-refractivity contribution in [3.63, 3.8) is 0 Å². The molecular formula is C8H7BrN2O2. The molecule has 1 aliphatic rings. The minimum Gasteiger partial charge on any atom is -0.352 e. The van der Waals surface area contributed by atoms with Crippen LogP contribution in [0.25, 0.3) is 0 Å². The minimum absolute atomic E-state index is 0.127. The highest BCUT2D eigenvalue weighted by Gasteiger charge is 2.24. The summed E-state index contributed by atoms with van der Waals surface area (Å²) in [4.78, 5) is 24.8. The van der Waals surface area contributed by atoms with Gasteiger partial charge in [-0.1, -0.05) is 0 Å². The molecule has 5 heteroatoms. The fourth-order valence-electron chi connectivity index (χ4n) is 1.51. The molecule has 13 heavy (non-hydrogen) atoms. The normalized spacial score (nSPS) is 15.0. The maximum atomic E-state index is 11.4. The predicted octanol–water partition coefficient (Wildman–Crippen LogP) is 0.876. The van der Waals surface area contributed by atoms with Gasteiger partial charge < -0.3 is 10.3 Å². The zero-order valence-corrected chi connectivity index (χ0v) is 8.27. The van der Waals surface area contributed by atoms with Crippen LogP contribution in [0.2, 0.25) is 0 Å². The number of hydrogen-bond acceptors (Lipinski definition) is 2. The maximum Gasteiger partial charge on any atom is 0.254 e. The van der Waals surface area contributed by atoms with Crippen molar-refractivity contribution >= 4 is 28.1 Å². The van der Waals surface area contributed by atoms with Crippen LogP contribution in [0.5, 0.6) is 0 Å². The summed E-state index contributed by atoms with van der Waals surface area (Å²) in [6.07, 6.45) is 1.44. The minimum atomic E-state index is -0.127. The SMILES string of the molecule is O=Cc1[nH]c(Br)c2c1CCNC2=O. The molecule has 0 bridgehead atoms. The van der Waals surface area contributed by atoms with Crippen LogP contribution >= 0.6 is 15.9 Å². The van der Waals surface area contributed by atoms with Gasteiger partial charge in [0.1, 0.15) is 0 Å². The molecule has 0 saturated heterocycles. The highest BCUT2D eigenvalue weighted by Crippen LogP contribution is 2.25. The number of aromatic nitrogens is 1. The number of amides is 1. The molecule has 1 amide bonds. The van der Waals surface area contributed by atoms with E-state index in [1.165, 1.54) is 0 Å². The highest BCUT2D eigenvalue weighted by atomic mass is 79.9. The van der Waals surface area contributed by atoms with E-state index in [4.69, 9.17) is 0 Å². The van der Waals surface area contributed by atoms with E-state index in [1.54, 1.807) is 0 Å². The van der Waals surface area contributed by atoms with Gasteiger partial charge in [0.15, 0.2) is 6.29 Å². The van der Waals surface area contributed by atoms with Crippen molar-refractivity contribution in [1.29, 1.82) is 0 Å². The lowest BCUT2D eigenvalue weighted by Crippen LogP contribution is -2.31. The van der Waals surface area contributed by atoms with Gasteiger partial charge in [0.2, 0.25) is 0 Å². The zero-order chi connectivity index (χ0) is 9.42. The number of halogens is 1. The Bertz CT molecular complexity index is 384. The Morgan fingerprint density at radius 2 is 2.23 bits per heavy atom. The van der Waals surface area contributed by atoms with Crippen LogP contribution < -0.4 is 5.32 Å². The van der Waals surface area contributed by atoms with Gasteiger partial charge in [0.25, 0.3) is 5.91 Å². The van der Waals surface area contributed by atoms with Crippen LogP contribution in [0, 0.1) is 0 Å². The van der Waals surface area contributed by atoms with Crippen molar-refractivity contribution in [3.05, 3.63) is 21.4 Å². The summed E-state index contributed by atoms with van der Waals surface area (Å²) in [7, 11) is 0. The molecular weight excluding hydrogens is 236 g/mol. The number of aromatic amines is 1. The number of aldehydes is 1. The summed E-state index contributed by atoms with van der Waals surface area (Å²) < 4.78 is 0.585. The van der Waals surface area contributed by atoms with E-state index >= 15 is 0 Å². The molecule has 0 radical (unpaired) electrons. The summed E-state index contributed by atoms with van der Waals surface area (Å²) in [5.74, 6) is -0.127. The Morgan fingerprint density at radius 1 is 1.46 bits per heavy atom. The Morgan fingerprint density at radius 3 is 2.92 bits per heavy atom. The molecule has 0 aliphatic carbocycles. The molecule has 0 aromatic carbocycles. The second-order valence-corrected chi connectivity index (χ2v) is 3.62. The maximum absolute atomic E-state index is 11.4. The number of fused-ring (bicyclic) bond motifs is 1. The van der Waals surface area contributed by atoms with Crippen LogP contribution in [0.4, 0.5) is 0 Å². The zero-order valence-electron chi connectivity index (χ0n) is 6.69. The molecule has 0 spiro atoms. The van der Waals surface area contributed by atoms with Crippen LogP contribution in [0.1, 0.15) is 26.4 Å². The van der Waals surface area contributed by atoms with E-state index in [0.717, 1.165) is 11.8 Å². The van der Waals surface area contributed by atoms with E-state index in [0.29, 0.717) is 28.8 Å². The van der Waals surface area contributed by atoms with Crippen molar-refractivity contribution < 1.29 is 9.59 Å². The summed E-state index contributed by atoms with van der Waals surface area (Å²) in [6, 6.07) is 0. The Hall–Kier alpha value is -1.10. The quantitative estimate of drug-likeness (QED) is 0.719. The number of carbonyl (C=O) groups is 2. The molecule has 0 saturated carbocycles. The van der Waals surface area contributed by atoms with Gasteiger partial charge in [-0.3, -0.25) is 9.59 Å². The van der Waals surface area contributed by atoms with E-state index in [2.05, 4.69) is 26.2 Å². The summed E-state index contributed by atoms with van der Waals surface area (Å²) in [5, 5.41) is 2.71. The molecule has 4 nitrogen and oxygen atoms in total. The van der Waals surface area contributed by atoms with E-state index in [9.17, 15) is 9.59 Å². The van der Waals surface area contributed by atoms with Gasteiger partial charge in [-0.2, -0.15) is 0 Å². The standard InChI is InChI=1S/C8H7BrN2O2/c9-7-6-4(5(3-12)11-7)1-2-10-8(6)13/h3,11H,1-2H2,(H,10,13). The van der Waals surface area contributed by atoms with Gasteiger partial charge in [-0.25, -0.2) is 0 Å². The summed E-state index contributed by atoms with van der Waals surface area (Å²) in [6.45, 7) is 0.594. The van der Waals surface area contributed by atoms with Gasteiger partial charge in [-0.15, -0.1) is 0 Å². The van der Waals surface area contributed by atoms with Crippen LogP contribution in [0.3, 0.4) is 0 Å². The Balaban J connectivity index is 2.63. The molecule has 68 valence electrons. The Labute approximate surface area is 82.8 Å². The first-order valence-corrected chi connectivity index (χ1v) is 4.67. The van der Waals surface area contributed by atoms with Crippen LogP contribution in [0.15, 0.2) is 4.60 Å². The lowest BCUT2D eigenvalue weighted by molar-refractivity contribution is 0.0945. The van der Waals surface area contributed by atoms with Crippen molar-refractivity contribution in [1.82, 2.24) is 10.3 Å². The number of carbonyl (C=O) groups excluding carboxylic acids is 2. The average molecular weight is 243 g/mol. The first kappa shape index (κ1) is 8.50. The van der Waals surface area contributed by atoms with Crippen molar-refractivity contribution in [2.24, 2.45) is 0 Å². The molecule has 0 fully saturated rings. The second-order valence-electron chi connectivity index (χ2n) is 2.83. The lowest BCUT2D eigenvalue weighted by atomic mass is 10.0. The molecule has 2 N–H and O–H groups in total. The lowest BCUT2D eigenvalue weighted by Gasteiger charge is -2.12. The number of H-pyrrole nitrogens is 1. The van der Waals surface area contributed by atoms with Crippen LogP contribution in [-0.4, -0.2) is 23.7 Å². The first-order chi connectivity index (χ1) is 6.24. The van der Waals surface area contributed by atoms with Crippen molar-refractivity contribution in [3.8, 4) is 0 Å². The van der Waals surface area contributed by atoms with Gasteiger partial charge in [-0.05, 0) is 27.9 Å². The molecule has 0 atom stereocenters. The van der Waals surface area contributed by atoms with E-state index in [1.807, 2.05) is 0 Å². The topological polar surface area (TPSA) is 62.0 Å². The van der Waals surface area contributed by atoms with E-state index in [-0.39, 0.29) is 5.91 Å². The third-order valence-corrected chi connectivity index (χ3v) is 2.69. The second kappa shape index (κ2) is 2.99.